The Balaban J connectivity index is 2.03. The summed E-state index contributed by atoms with van der Waals surface area (Å²) in [5.41, 5.74) is 0.918. The van der Waals surface area contributed by atoms with Gasteiger partial charge in [-0.05, 0) is 56.6 Å². The lowest BCUT2D eigenvalue weighted by molar-refractivity contribution is -0.127. The average molecular weight is 318 g/mol. The molecule has 1 aliphatic rings. The van der Waals surface area contributed by atoms with Crippen LogP contribution in [-0.4, -0.2) is 50.7 Å². The molecule has 0 unspecified atom stereocenters. The SMILES string of the molecule is CCOc1cc(C=CC(=O)N(C)C2CCNCC2)ccc1OC. The number of benzene rings is 1. The monoisotopic (exact) mass is 318 g/mol. The summed E-state index contributed by atoms with van der Waals surface area (Å²) in [6.07, 6.45) is 5.46. The summed E-state index contributed by atoms with van der Waals surface area (Å²) in [6, 6.07) is 5.97. The molecule has 1 N–H and O–H groups in total. The maximum absolute atomic E-state index is 12.3. The summed E-state index contributed by atoms with van der Waals surface area (Å²) in [6.45, 7) is 4.45. The molecule has 0 aliphatic carbocycles. The molecule has 1 aliphatic heterocycles. The first kappa shape index (κ1) is 17.3. The van der Waals surface area contributed by atoms with Crippen LogP contribution in [0, 0.1) is 0 Å². The first-order valence-corrected chi connectivity index (χ1v) is 8.12. The predicted molar refractivity (Wildman–Crippen MR) is 91.9 cm³/mol. The number of likely N-dealkylation sites (N-methyl/N-ethyl adjacent to an activating group) is 1. The van der Waals surface area contributed by atoms with Gasteiger partial charge in [-0.2, -0.15) is 0 Å². The van der Waals surface area contributed by atoms with Crippen LogP contribution < -0.4 is 14.8 Å². The van der Waals surface area contributed by atoms with Gasteiger partial charge in [0.15, 0.2) is 11.5 Å². The zero-order valence-corrected chi connectivity index (χ0v) is 14.2. The van der Waals surface area contributed by atoms with Crippen molar-refractivity contribution in [3.63, 3.8) is 0 Å². The van der Waals surface area contributed by atoms with E-state index in [4.69, 9.17) is 9.47 Å². The molecule has 0 aromatic heterocycles. The fourth-order valence-corrected chi connectivity index (χ4v) is 2.72. The summed E-state index contributed by atoms with van der Waals surface area (Å²) in [4.78, 5) is 14.1. The van der Waals surface area contributed by atoms with E-state index in [0.29, 0.717) is 24.1 Å². The van der Waals surface area contributed by atoms with E-state index in [9.17, 15) is 4.79 Å². The Bertz CT molecular complexity index is 551. The summed E-state index contributed by atoms with van der Waals surface area (Å²) in [5, 5.41) is 3.31. The largest absolute Gasteiger partial charge is 0.493 e. The van der Waals surface area contributed by atoms with E-state index in [0.717, 1.165) is 31.5 Å². The number of rotatable bonds is 6. The standard InChI is InChI=1S/C18H26N2O3/c1-4-23-17-13-14(5-7-16(17)22-3)6-8-18(21)20(2)15-9-11-19-12-10-15/h5-8,13,15,19H,4,9-12H2,1-3H3. The van der Waals surface area contributed by atoms with E-state index in [1.807, 2.05) is 43.1 Å². The van der Waals surface area contributed by atoms with Crippen LogP contribution in [0.4, 0.5) is 0 Å². The fraction of sp³-hybridized carbons (Fsp3) is 0.500. The maximum Gasteiger partial charge on any atom is 0.246 e. The van der Waals surface area contributed by atoms with Gasteiger partial charge in [0.25, 0.3) is 0 Å². The highest BCUT2D eigenvalue weighted by Gasteiger charge is 2.20. The van der Waals surface area contributed by atoms with Gasteiger partial charge in [0.1, 0.15) is 0 Å². The molecule has 5 heteroatoms. The number of carbonyl (C=O) groups is 1. The molecule has 1 heterocycles. The number of hydrogen-bond acceptors (Lipinski definition) is 4. The molecular weight excluding hydrogens is 292 g/mol. The van der Waals surface area contributed by atoms with Gasteiger partial charge >= 0.3 is 0 Å². The number of ether oxygens (including phenoxy) is 2. The minimum atomic E-state index is 0.0330. The van der Waals surface area contributed by atoms with Crippen LogP contribution in [0.15, 0.2) is 24.3 Å². The quantitative estimate of drug-likeness (QED) is 0.818. The van der Waals surface area contributed by atoms with Gasteiger partial charge in [0.05, 0.1) is 13.7 Å². The van der Waals surface area contributed by atoms with E-state index in [1.54, 1.807) is 13.2 Å². The van der Waals surface area contributed by atoms with Crippen molar-refractivity contribution in [3.05, 3.63) is 29.8 Å². The number of carbonyl (C=O) groups excluding carboxylic acids is 1. The first-order valence-electron chi connectivity index (χ1n) is 8.12. The van der Waals surface area contributed by atoms with Crippen molar-refractivity contribution in [2.75, 3.05) is 33.9 Å². The van der Waals surface area contributed by atoms with Crippen molar-refractivity contribution in [2.45, 2.75) is 25.8 Å². The van der Waals surface area contributed by atoms with Gasteiger partial charge in [0.2, 0.25) is 5.91 Å². The molecule has 1 amide bonds. The van der Waals surface area contributed by atoms with Gasteiger partial charge in [-0.1, -0.05) is 6.07 Å². The molecule has 126 valence electrons. The van der Waals surface area contributed by atoms with E-state index in [1.165, 1.54) is 0 Å². The van der Waals surface area contributed by atoms with Gasteiger partial charge in [-0.15, -0.1) is 0 Å². The molecule has 1 aromatic carbocycles. The number of amides is 1. The fourth-order valence-electron chi connectivity index (χ4n) is 2.72. The van der Waals surface area contributed by atoms with Crippen molar-refractivity contribution >= 4 is 12.0 Å². The van der Waals surface area contributed by atoms with Crippen LogP contribution in [0.5, 0.6) is 11.5 Å². The van der Waals surface area contributed by atoms with Crippen molar-refractivity contribution in [1.82, 2.24) is 10.2 Å². The number of nitrogens with one attached hydrogen (secondary N) is 1. The topological polar surface area (TPSA) is 50.8 Å². The number of methoxy groups -OCH3 is 1. The molecule has 0 atom stereocenters. The molecule has 0 bridgehead atoms. The lowest BCUT2D eigenvalue weighted by atomic mass is 10.1. The van der Waals surface area contributed by atoms with E-state index < -0.39 is 0 Å². The van der Waals surface area contributed by atoms with Gasteiger partial charge in [-0.25, -0.2) is 0 Å². The zero-order valence-electron chi connectivity index (χ0n) is 14.2. The van der Waals surface area contributed by atoms with Crippen LogP contribution >= 0.6 is 0 Å². The predicted octanol–water partition coefficient (Wildman–Crippen LogP) is 2.32. The third-order valence-electron chi connectivity index (χ3n) is 4.11. The molecule has 0 saturated carbocycles. The Morgan fingerprint density at radius 3 is 2.74 bits per heavy atom. The average Bonchev–Trinajstić information content (AvgIpc) is 2.60. The lowest BCUT2D eigenvalue weighted by Crippen LogP contribution is -2.43. The normalized spacial score (nSPS) is 15.6. The number of piperidine rings is 1. The minimum Gasteiger partial charge on any atom is -0.493 e. The van der Waals surface area contributed by atoms with Crippen molar-refractivity contribution in [3.8, 4) is 11.5 Å². The second kappa shape index (κ2) is 8.58. The third-order valence-corrected chi connectivity index (χ3v) is 4.11. The Morgan fingerprint density at radius 2 is 2.09 bits per heavy atom. The van der Waals surface area contributed by atoms with E-state index >= 15 is 0 Å². The Hall–Kier alpha value is -2.01. The zero-order chi connectivity index (χ0) is 16.7. The van der Waals surface area contributed by atoms with Gasteiger partial charge < -0.3 is 19.7 Å². The highest BCUT2D eigenvalue weighted by Crippen LogP contribution is 2.28. The molecule has 5 nitrogen and oxygen atoms in total. The lowest BCUT2D eigenvalue weighted by Gasteiger charge is -2.30. The molecular formula is C18H26N2O3. The third kappa shape index (κ3) is 4.73. The number of nitrogens with zero attached hydrogens (tertiary/aromatic N) is 1. The molecule has 1 saturated heterocycles. The van der Waals surface area contributed by atoms with Crippen LogP contribution in [-0.2, 0) is 4.79 Å². The van der Waals surface area contributed by atoms with E-state index in [-0.39, 0.29) is 5.91 Å². The molecule has 0 radical (unpaired) electrons. The van der Waals surface area contributed by atoms with Gasteiger partial charge in [-0.3, -0.25) is 4.79 Å². The van der Waals surface area contributed by atoms with Crippen LogP contribution in [0.2, 0.25) is 0 Å². The minimum absolute atomic E-state index is 0.0330. The second-order valence-corrected chi connectivity index (χ2v) is 5.61. The van der Waals surface area contributed by atoms with Crippen LogP contribution in [0.25, 0.3) is 6.08 Å². The van der Waals surface area contributed by atoms with Crippen LogP contribution in [0.1, 0.15) is 25.3 Å². The van der Waals surface area contributed by atoms with Gasteiger partial charge in [0, 0.05) is 19.2 Å². The summed E-state index contributed by atoms with van der Waals surface area (Å²) >= 11 is 0. The number of hydrogen-bond donors (Lipinski definition) is 1. The molecule has 1 fully saturated rings. The Labute approximate surface area is 138 Å². The smallest absolute Gasteiger partial charge is 0.246 e. The van der Waals surface area contributed by atoms with Crippen molar-refractivity contribution in [1.29, 1.82) is 0 Å². The highest BCUT2D eigenvalue weighted by atomic mass is 16.5. The van der Waals surface area contributed by atoms with E-state index in [2.05, 4.69) is 5.32 Å². The summed E-state index contributed by atoms with van der Waals surface area (Å²) in [7, 11) is 3.49. The summed E-state index contributed by atoms with van der Waals surface area (Å²) < 4.78 is 10.8. The second-order valence-electron chi connectivity index (χ2n) is 5.61. The molecule has 2 rings (SSSR count). The first-order chi connectivity index (χ1) is 11.2. The summed E-state index contributed by atoms with van der Waals surface area (Å²) in [5.74, 6) is 1.42. The Kier molecular flexibility index (Phi) is 6.47. The Morgan fingerprint density at radius 1 is 1.35 bits per heavy atom. The highest BCUT2D eigenvalue weighted by molar-refractivity contribution is 5.91. The maximum atomic E-state index is 12.3. The molecule has 1 aromatic rings. The molecule has 0 spiro atoms. The molecule has 23 heavy (non-hydrogen) atoms. The van der Waals surface area contributed by atoms with Crippen molar-refractivity contribution < 1.29 is 14.3 Å². The van der Waals surface area contributed by atoms with Crippen molar-refractivity contribution in [2.24, 2.45) is 0 Å². The van der Waals surface area contributed by atoms with Crippen LogP contribution in [0.3, 0.4) is 0 Å².